The zero-order valence-corrected chi connectivity index (χ0v) is 14.4. The number of nitrogens with one attached hydrogen (secondary N) is 1. The molecule has 4 unspecified atom stereocenters. The normalized spacial score (nSPS) is 34.5. The molecule has 2 bridgehead atoms. The predicted molar refractivity (Wildman–Crippen MR) is 91.8 cm³/mol. The minimum atomic E-state index is 0.503. The van der Waals surface area contributed by atoms with Gasteiger partial charge in [0.25, 0.3) is 0 Å². The van der Waals surface area contributed by atoms with Crippen LogP contribution in [0.1, 0.15) is 37.2 Å². The smallest absolute Gasteiger partial charge is 0.193 e. The molecule has 130 valence electrons. The molecule has 5 heterocycles. The molecule has 3 saturated heterocycles. The Morgan fingerprint density at radius 1 is 1.29 bits per heavy atom. The summed E-state index contributed by atoms with van der Waals surface area (Å²) in [6.45, 7) is 4.06. The molecule has 1 aromatic rings. The molecule has 1 N–H and O–H groups in total. The zero-order chi connectivity index (χ0) is 16.1. The van der Waals surface area contributed by atoms with Crippen molar-refractivity contribution in [2.75, 3.05) is 20.1 Å². The van der Waals surface area contributed by atoms with Gasteiger partial charge in [0.1, 0.15) is 5.82 Å². The van der Waals surface area contributed by atoms with E-state index in [9.17, 15) is 0 Å². The van der Waals surface area contributed by atoms with Crippen LogP contribution in [0.3, 0.4) is 0 Å². The van der Waals surface area contributed by atoms with Gasteiger partial charge in [0, 0.05) is 51.1 Å². The van der Waals surface area contributed by atoms with Crippen molar-refractivity contribution in [3.05, 3.63) is 17.7 Å². The third-order valence-electron chi connectivity index (χ3n) is 6.35. The highest BCUT2D eigenvalue weighted by molar-refractivity contribution is 5.80. The van der Waals surface area contributed by atoms with Crippen molar-refractivity contribution in [2.45, 2.75) is 57.4 Å². The van der Waals surface area contributed by atoms with Crippen molar-refractivity contribution < 1.29 is 4.74 Å². The van der Waals surface area contributed by atoms with Crippen molar-refractivity contribution in [1.82, 2.24) is 19.8 Å². The number of ether oxygens (including phenoxy) is 1. The highest BCUT2D eigenvalue weighted by atomic mass is 16.5. The number of imidazole rings is 1. The Morgan fingerprint density at radius 2 is 2.08 bits per heavy atom. The fraction of sp³-hybridized carbons (Fsp3) is 0.778. The van der Waals surface area contributed by atoms with Crippen LogP contribution in [0.4, 0.5) is 0 Å². The SMILES string of the molecule is CN=C(NCc1cn2c(n1)CCCC2)N1CC2C3CCC(O3)C2C1. The lowest BCUT2D eigenvalue weighted by Crippen LogP contribution is -2.41. The average molecular weight is 329 g/mol. The molecule has 24 heavy (non-hydrogen) atoms. The van der Waals surface area contributed by atoms with E-state index in [1.54, 1.807) is 0 Å². The molecule has 0 aromatic carbocycles. The first-order valence-corrected chi connectivity index (χ1v) is 9.48. The third-order valence-corrected chi connectivity index (χ3v) is 6.35. The summed E-state index contributed by atoms with van der Waals surface area (Å²) in [6.07, 6.45) is 9.39. The fourth-order valence-corrected chi connectivity index (χ4v) is 5.19. The number of rotatable bonds is 2. The second-order valence-corrected chi connectivity index (χ2v) is 7.72. The number of hydrogen-bond acceptors (Lipinski definition) is 3. The van der Waals surface area contributed by atoms with Crippen LogP contribution in [0.25, 0.3) is 0 Å². The molecule has 4 atom stereocenters. The minimum absolute atomic E-state index is 0.503. The molecule has 4 aliphatic rings. The molecular weight excluding hydrogens is 302 g/mol. The number of likely N-dealkylation sites (tertiary alicyclic amines) is 1. The van der Waals surface area contributed by atoms with Crippen LogP contribution in [0.2, 0.25) is 0 Å². The van der Waals surface area contributed by atoms with Crippen LogP contribution in [-0.2, 0) is 24.2 Å². The van der Waals surface area contributed by atoms with Crippen LogP contribution in [0.5, 0.6) is 0 Å². The van der Waals surface area contributed by atoms with Gasteiger partial charge in [-0.05, 0) is 25.7 Å². The van der Waals surface area contributed by atoms with E-state index in [-0.39, 0.29) is 0 Å². The monoisotopic (exact) mass is 329 g/mol. The number of fused-ring (bicyclic) bond motifs is 6. The Labute approximate surface area is 143 Å². The van der Waals surface area contributed by atoms with Crippen molar-refractivity contribution >= 4 is 5.96 Å². The van der Waals surface area contributed by atoms with Gasteiger partial charge in [0.05, 0.1) is 24.4 Å². The van der Waals surface area contributed by atoms with E-state index in [1.165, 1.54) is 31.5 Å². The van der Waals surface area contributed by atoms with Crippen molar-refractivity contribution in [1.29, 1.82) is 0 Å². The van der Waals surface area contributed by atoms with Crippen LogP contribution in [0.15, 0.2) is 11.2 Å². The van der Waals surface area contributed by atoms with E-state index < -0.39 is 0 Å². The number of hydrogen-bond donors (Lipinski definition) is 1. The second-order valence-electron chi connectivity index (χ2n) is 7.72. The molecule has 0 aliphatic carbocycles. The van der Waals surface area contributed by atoms with E-state index in [0.29, 0.717) is 24.0 Å². The Hall–Kier alpha value is -1.56. The molecule has 1 aromatic heterocycles. The first kappa shape index (κ1) is 14.8. The summed E-state index contributed by atoms with van der Waals surface area (Å²) in [5, 5.41) is 3.54. The maximum absolute atomic E-state index is 6.08. The molecule has 0 saturated carbocycles. The van der Waals surface area contributed by atoms with Gasteiger partial charge in [-0.1, -0.05) is 0 Å². The number of aryl methyl sites for hydroxylation is 2. The highest BCUT2D eigenvalue weighted by Crippen LogP contribution is 2.47. The Morgan fingerprint density at radius 3 is 2.79 bits per heavy atom. The lowest BCUT2D eigenvalue weighted by molar-refractivity contribution is 0.0767. The largest absolute Gasteiger partial charge is 0.374 e. The van der Waals surface area contributed by atoms with Gasteiger partial charge in [-0.2, -0.15) is 0 Å². The molecule has 6 nitrogen and oxygen atoms in total. The van der Waals surface area contributed by atoms with Crippen LogP contribution in [-0.4, -0.2) is 52.8 Å². The maximum atomic E-state index is 6.08. The first-order chi connectivity index (χ1) is 11.8. The van der Waals surface area contributed by atoms with E-state index in [4.69, 9.17) is 9.72 Å². The summed E-state index contributed by atoms with van der Waals surface area (Å²) in [5.41, 5.74) is 1.14. The first-order valence-electron chi connectivity index (χ1n) is 9.48. The fourth-order valence-electron chi connectivity index (χ4n) is 5.19. The van der Waals surface area contributed by atoms with E-state index in [1.807, 2.05) is 7.05 Å². The molecule has 6 heteroatoms. The Balaban J connectivity index is 1.23. The summed E-state index contributed by atoms with van der Waals surface area (Å²) in [7, 11) is 1.89. The Bertz CT molecular complexity index is 612. The van der Waals surface area contributed by atoms with E-state index in [2.05, 4.69) is 26.0 Å². The summed E-state index contributed by atoms with van der Waals surface area (Å²) < 4.78 is 8.40. The molecule has 3 fully saturated rings. The summed E-state index contributed by atoms with van der Waals surface area (Å²) in [4.78, 5) is 11.7. The van der Waals surface area contributed by atoms with Gasteiger partial charge in [0.15, 0.2) is 5.96 Å². The average Bonchev–Trinajstić information content (AvgIpc) is 3.35. The number of aromatic nitrogens is 2. The molecule has 0 radical (unpaired) electrons. The summed E-state index contributed by atoms with van der Waals surface area (Å²) >= 11 is 0. The maximum Gasteiger partial charge on any atom is 0.193 e. The van der Waals surface area contributed by atoms with Gasteiger partial charge in [0.2, 0.25) is 0 Å². The second kappa shape index (κ2) is 5.76. The topological polar surface area (TPSA) is 54.7 Å². The zero-order valence-electron chi connectivity index (χ0n) is 14.4. The molecule has 0 spiro atoms. The lowest BCUT2D eigenvalue weighted by Gasteiger charge is -2.23. The predicted octanol–water partition coefficient (Wildman–Crippen LogP) is 1.40. The van der Waals surface area contributed by atoms with Crippen molar-refractivity contribution in [2.24, 2.45) is 16.8 Å². The van der Waals surface area contributed by atoms with Gasteiger partial charge < -0.3 is 19.5 Å². The van der Waals surface area contributed by atoms with E-state index >= 15 is 0 Å². The third kappa shape index (κ3) is 2.34. The summed E-state index contributed by atoms with van der Waals surface area (Å²) in [5.74, 6) is 3.69. The quantitative estimate of drug-likeness (QED) is 0.658. The molecule has 0 amide bonds. The number of nitrogens with zero attached hydrogens (tertiary/aromatic N) is 4. The molecule has 5 rings (SSSR count). The molecule has 4 aliphatic heterocycles. The van der Waals surface area contributed by atoms with Crippen LogP contribution < -0.4 is 5.32 Å². The number of aliphatic imine (C=N–C) groups is 1. The minimum Gasteiger partial charge on any atom is -0.374 e. The van der Waals surface area contributed by atoms with Crippen LogP contribution >= 0.6 is 0 Å². The summed E-state index contributed by atoms with van der Waals surface area (Å²) in [6, 6.07) is 0. The van der Waals surface area contributed by atoms with Gasteiger partial charge >= 0.3 is 0 Å². The van der Waals surface area contributed by atoms with Crippen molar-refractivity contribution in [3.8, 4) is 0 Å². The number of guanidine groups is 1. The molecular formula is C18H27N5O. The van der Waals surface area contributed by atoms with Crippen molar-refractivity contribution in [3.63, 3.8) is 0 Å². The Kier molecular flexibility index (Phi) is 3.54. The van der Waals surface area contributed by atoms with Gasteiger partial charge in [-0.15, -0.1) is 0 Å². The lowest BCUT2D eigenvalue weighted by atomic mass is 9.82. The van der Waals surface area contributed by atoms with Gasteiger partial charge in [-0.25, -0.2) is 4.98 Å². The van der Waals surface area contributed by atoms with Gasteiger partial charge in [-0.3, -0.25) is 4.99 Å². The highest BCUT2D eigenvalue weighted by Gasteiger charge is 2.53. The standard InChI is InChI=1S/C18H27N5O/c1-19-18(20-8-12-9-22-7-3-2-4-17(22)21-12)23-10-13-14(11-23)16-6-5-15(13)24-16/h9,13-16H,2-8,10-11H2,1H3,(H,19,20). The van der Waals surface area contributed by atoms with Crippen LogP contribution in [0, 0.1) is 11.8 Å². The van der Waals surface area contributed by atoms with E-state index in [0.717, 1.165) is 44.3 Å².